The molecule has 25 heavy (non-hydrogen) atoms. The number of rotatable bonds is 5. The van der Waals surface area contributed by atoms with Crippen LogP contribution in [0.2, 0.25) is 0 Å². The van der Waals surface area contributed by atoms with Crippen LogP contribution in [0.15, 0.2) is 63.2 Å². The highest BCUT2D eigenvalue weighted by molar-refractivity contribution is 7.98. The summed E-state index contributed by atoms with van der Waals surface area (Å²) in [6.07, 6.45) is 1.95. The maximum Gasteiger partial charge on any atom is 0.313 e. The van der Waals surface area contributed by atoms with Crippen molar-refractivity contribution in [2.75, 3.05) is 11.6 Å². The van der Waals surface area contributed by atoms with Crippen molar-refractivity contribution in [2.45, 2.75) is 11.4 Å². The first-order chi connectivity index (χ1) is 12.2. The Labute approximate surface area is 153 Å². The van der Waals surface area contributed by atoms with Gasteiger partial charge < -0.3 is 15.1 Å². The fourth-order valence-electron chi connectivity index (χ4n) is 2.16. The molecule has 3 aromatic rings. The van der Waals surface area contributed by atoms with Gasteiger partial charge in [0.05, 0.1) is 11.4 Å². The second kappa shape index (κ2) is 8.04. The molecule has 3 rings (SSSR count). The van der Waals surface area contributed by atoms with Crippen LogP contribution in [0.5, 0.6) is 0 Å². The van der Waals surface area contributed by atoms with E-state index in [4.69, 9.17) is 4.42 Å². The molecule has 128 valence electrons. The molecule has 0 saturated carbocycles. The molecule has 0 fully saturated rings. The third-order valence-corrected chi connectivity index (χ3v) is 4.99. The van der Waals surface area contributed by atoms with Gasteiger partial charge in [-0.15, -0.1) is 23.1 Å². The zero-order chi connectivity index (χ0) is 17.6. The Kier molecular flexibility index (Phi) is 5.57. The molecular weight excluding hydrogens is 356 g/mol. The van der Waals surface area contributed by atoms with Gasteiger partial charge in [-0.2, -0.15) is 0 Å². The molecule has 7 heteroatoms. The summed E-state index contributed by atoms with van der Waals surface area (Å²) in [5.41, 5.74) is 0.588. The Balaban J connectivity index is 1.54. The number of hydrogen-bond donors (Lipinski definition) is 2. The van der Waals surface area contributed by atoms with Gasteiger partial charge in [-0.05, 0) is 48.0 Å². The van der Waals surface area contributed by atoms with E-state index >= 15 is 0 Å². The quantitative estimate of drug-likeness (QED) is 0.525. The highest BCUT2D eigenvalue weighted by atomic mass is 32.2. The summed E-state index contributed by atoms with van der Waals surface area (Å²) in [4.78, 5) is 25.9. The van der Waals surface area contributed by atoms with Crippen LogP contribution < -0.4 is 10.6 Å². The van der Waals surface area contributed by atoms with E-state index in [0.717, 1.165) is 15.5 Å². The molecule has 0 saturated heterocycles. The molecule has 2 amide bonds. The highest BCUT2D eigenvalue weighted by Crippen LogP contribution is 2.26. The lowest BCUT2D eigenvalue weighted by Crippen LogP contribution is -2.34. The molecule has 2 N–H and O–H groups in total. The van der Waals surface area contributed by atoms with Crippen molar-refractivity contribution in [3.8, 4) is 10.6 Å². The fraction of sp³-hybridized carbons (Fsp3) is 0.111. The van der Waals surface area contributed by atoms with Crippen LogP contribution >= 0.6 is 23.1 Å². The van der Waals surface area contributed by atoms with Crippen LogP contribution in [0.3, 0.4) is 0 Å². The maximum absolute atomic E-state index is 12.0. The average molecular weight is 372 g/mol. The lowest BCUT2D eigenvalue weighted by molar-refractivity contribution is -0.136. The van der Waals surface area contributed by atoms with Gasteiger partial charge in [0.25, 0.3) is 0 Å². The summed E-state index contributed by atoms with van der Waals surface area (Å²) in [5, 5.41) is 7.11. The lowest BCUT2D eigenvalue weighted by atomic mass is 10.3. The third-order valence-electron chi connectivity index (χ3n) is 3.38. The molecule has 5 nitrogen and oxygen atoms in total. The summed E-state index contributed by atoms with van der Waals surface area (Å²) in [6.45, 7) is 0.155. The van der Waals surface area contributed by atoms with E-state index in [2.05, 4.69) is 10.6 Å². The number of anilines is 1. The van der Waals surface area contributed by atoms with Gasteiger partial charge in [-0.3, -0.25) is 9.59 Å². The van der Waals surface area contributed by atoms with E-state index in [0.29, 0.717) is 11.4 Å². The zero-order valence-electron chi connectivity index (χ0n) is 13.4. The summed E-state index contributed by atoms with van der Waals surface area (Å²) in [6, 6.07) is 14.9. The van der Waals surface area contributed by atoms with Gasteiger partial charge >= 0.3 is 11.8 Å². The highest BCUT2D eigenvalue weighted by Gasteiger charge is 2.14. The predicted molar refractivity (Wildman–Crippen MR) is 101 cm³/mol. The van der Waals surface area contributed by atoms with E-state index in [-0.39, 0.29) is 6.54 Å². The second-order valence-electron chi connectivity index (χ2n) is 5.11. The number of benzene rings is 1. The number of hydrogen-bond acceptors (Lipinski definition) is 5. The van der Waals surface area contributed by atoms with Crippen LogP contribution in [0.1, 0.15) is 5.76 Å². The minimum atomic E-state index is -0.705. The van der Waals surface area contributed by atoms with Crippen LogP contribution in [-0.4, -0.2) is 18.1 Å². The van der Waals surface area contributed by atoms with Gasteiger partial charge in [-0.1, -0.05) is 12.1 Å². The average Bonchev–Trinajstić information content (AvgIpc) is 3.31. The van der Waals surface area contributed by atoms with E-state index in [1.807, 2.05) is 48.0 Å². The monoisotopic (exact) mass is 372 g/mol. The topological polar surface area (TPSA) is 71.3 Å². The molecule has 0 bridgehead atoms. The molecule has 1 aromatic carbocycles. The number of amides is 2. The van der Waals surface area contributed by atoms with Gasteiger partial charge in [0, 0.05) is 10.6 Å². The SMILES string of the molecule is CSc1cccc(NC(=O)C(=O)NCc2ccc(-c3cccs3)o2)c1. The number of furan rings is 1. The van der Waals surface area contributed by atoms with E-state index in [1.165, 1.54) is 0 Å². The molecule has 0 spiro atoms. The normalized spacial score (nSPS) is 10.4. The van der Waals surface area contributed by atoms with Gasteiger partial charge in [-0.25, -0.2) is 0 Å². The van der Waals surface area contributed by atoms with Crippen molar-refractivity contribution < 1.29 is 14.0 Å². The number of nitrogens with one attached hydrogen (secondary N) is 2. The van der Waals surface area contributed by atoms with E-state index < -0.39 is 11.8 Å². The van der Waals surface area contributed by atoms with Crippen molar-refractivity contribution in [3.05, 3.63) is 59.7 Å². The summed E-state index contributed by atoms with van der Waals surface area (Å²) >= 11 is 3.14. The third kappa shape index (κ3) is 4.52. The van der Waals surface area contributed by atoms with Crippen molar-refractivity contribution in [1.29, 1.82) is 0 Å². The largest absolute Gasteiger partial charge is 0.458 e. The molecule has 0 radical (unpaired) electrons. The van der Waals surface area contributed by atoms with Crippen molar-refractivity contribution >= 4 is 40.6 Å². The summed E-state index contributed by atoms with van der Waals surface area (Å²) in [7, 11) is 0. The first-order valence-corrected chi connectivity index (χ1v) is 9.62. The number of carbonyl (C=O) groups excluding carboxylic acids is 2. The van der Waals surface area contributed by atoms with Crippen LogP contribution in [-0.2, 0) is 16.1 Å². The van der Waals surface area contributed by atoms with Gasteiger partial charge in [0.2, 0.25) is 0 Å². The molecule has 0 aliphatic rings. The van der Waals surface area contributed by atoms with Crippen LogP contribution in [0, 0.1) is 0 Å². The van der Waals surface area contributed by atoms with E-state index in [9.17, 15) is 9.59 Å². The van der Waals surface area contributed by atoms with Crippen molar-refractivity contribution in [1.82, 2.24) is 5.32 Å². The molecule has 0 aliphatic heterocycles. The Bertz CT molecular complexity index is 872. The smallest absolute Gasteiger partial charge is 0.313 e. The molecular formula is C18H16N2O3S2. The Hall–Kier alpha value is -2.51. The van der Waals surface area contributed by atoms with E-state index in [1.54, 1.807) is 35.2 Å². The molecule has 0 unspecified atom stereocenters. The first kappa shape index (κ1) is 17.3. The molecule has 0 aliphatic carbocycles. The first-order valence-electron chi connectivity index (χ1n) is 7.51. The summed E-state index contributed by atoms with van der Waals surface area (Å²) < 4.78 is 5.67. The minimum Gasteiger partial charge on any atom is -0.458 e. The molecule has 2 aromatic heterocycles. The number of thioether (sulfide) groups is 1. The Morgan fingerprint density at radius 3 is 2.76 bits per heavy atom. The standard InChI is InChI=1S/C18H16N2O3S2/c1-24-14-5-2-4-12(10-14)20-18(22)17(21)19-11-13-7-8-15(23-13)16-6-3-9-25-16/h2-10H,11H2,1H3,(H,19,21)(H,20,22). The Morgan fingerprint density at radius 1 is 1.12 bits per heavy atom. The summed E-state index contributed by atoms with van der Waals surface area (Å²) in [5.74, 6) is -0.0709. The number of thiophene rings is 1. The van der Waals surface area contributed by atoms with Crippen molar-refractivity contribution in [3.63, 3.8) is 0 Å². The second-order valence-corrected chi connectivity index (χ2v) is 6.94. The minimum absolute atomic E-state index is 0.155. The van der Waals surface area contributed by atoms with Gasteiger partial charge in [0.1, 0.15) is 11.5 Å². The van der Waals surface area contributed by atoms with Crippen LogP contribution in [0.25, 0.3) is 10.6 Å². The maximum atomic E-state index is 12.0. The van der Waals surface area contributed by atoms with Gasteiger partial charge in [0.15, 0.2) is 0 Å². The Morgan fingerprint density at radius 2 is 2.00 bits per heavy atom. The van der Waals surface area contributed by atoms with Crippen molar-refractivity contribution in [2.24, 2.45) is 0 Å². The fourth-order valence-corrected chi connectivity index (χ4v) is 3.31. The predicted octanol–water partition coefficient (Wildman–Crippen LogP) is 3.98. The molecule has 2 heterocycles. The van der Waals surface area contributed by atoms with Crippen LogP contribution in [0.4, 0.5) is 5.69 Å². The lowest BCUT2D eigenvalue weighted by Gasteiger charge is -2.06. The zero-order valence-corrected chi connectivity index (χ0v) is 15.1. The molecule has 0 atom stereocenters. The number of carbonyl (C=O) groups is 2.